The topological polar surface area (TPSA) is 78.3 Å². The quantitative estimate of drug-likeness (QED) is 0.480. The number of aryl methyl sites for hydroxylation is 1. The van der Waals surface area contributed by atoms with Crippen molar-refractivity contribution in [2.24, 2.45) is 0 Å². The van der Waals surface area contributed by atoms with Crippen molar-refractivity contribution >= 4 is 16.6 Å². The van der Waals surface area contributed by atoms with E-state index in [-0.39, 0.29) is 11.3 Å². The van der Waals surface area contributed by atoms with Crippen molar-refractivity contribution in [3.63, 3.8) is 0 Å². The van der Waals surface area contributed by atoms with Crippen molar-refractivity contribution in [2.75, 3.05) is 11.9 Å². The maximum absolute atomic E-state index is 13.9. The van der Waals surface area contributed by atoms with E-state index in [2.05, 4.69) is 15.3 Å². The van der Waals surface area contributed by atoms with E-state index in [0.717, 1.165) is 18.2 Å². The number of alkyl halides is 3. The molecule has 3 aromatic rings. The van der Waals surface area contributed by atoms with E-state index >= 15 is 0 Å². The fourth-order valence-corrected chi connectivity index (χ4v) is 3.68. The summed E-state index contributed by atoms with van der Waals surface area (Å²) in [6.45, 7) is 3.66. The van der Waals surface area contributed by atoms with Crippen LogP contribution in [0.15, 0.2) is 42.6 Å². The lowest BCUT2D eigenvalue weighted by atomic mass is 9.74. The molecule has 2 aromatic carbocycles. The van der Waals surface area contributed by atoms with Gasteiger partial charge in [-0.2, -0.15) is 13.2 Å². The minimum absolute atomic E-state index is 0.0239. The van der Waals surface area contributed by atoms with Crippen LogP contribution in [0.5, 0.6) is 5.75 Å². The van der Waals surface area contributed by atoms with Gasteiger partial charge in [0.15, 0.2) is 5.60 Å². The van der Waals surface area contributed by atoms with Gasteiger partial charge in [0.05, 0.1) is 12.1 Å². The molecule has 166 valence electrons. The third-order valence-electron chi connectivity index (χ3n) is 5.27. The highest BCUT2D eigenvalue weighted by Gasteiger charge is 2.56. The first-order chi connectivity index (χ1) is 14.3. The number of phenols is 1. The maximum atomic E-state index is 13.9. The molecule has 1 heterocycles. The summed E-state index contributed by atoms with van der Waals surface area (Å²) in [5.74, 6) is -0.515. The minimum Gasteiger partial charge on any atom is -0.508 e. The molecule has 1 aromatic heterocycles. The van der Waals surface area contributed by atoms with Gasteiger partial charge in [-0.25, -0.2) is 14.4 Å². The zero-order valence-electron chi connectivity index (χ0n) is 17.3. The number of anilines is 1. The van der Waals surface area contributed by atoms with E-state index in [1.165, 1.54) is 20.0 Å². The Kier molecular flexibility index (Phi) is 5.84. The molecule has 31 heavy (non-hydrogen) atoms. The average molecular weight is 437 g/mol. The van der Waals surface area contributed by atoms with Crippen LogP contribution in [-0.4, -0.2) is 38.5 Å². The second kappa shape index (κ2) is 7.96. The number of aromatic nitrogens is 2. The van der Waals surface area contributed by atoms with Crippen LogP contribution in [0.25, 0.3) is 10.9 Å². The molecule has 0 fully saturated rings. The highest BCUT2D eigenvalue weighted by atomic mass is 19.4. The molecule has 0 aliphatic heterocycles. The smallest absolute Gasteiger partial charge is 0.418 e. The van der Waals surface area contributed by atoms with Crippen LogP contribution in [0.1, 0.15) is 31.7 Å². The monoisotopic (exact) mass is 437 g/mol. The first-order valence-corrected chi connectivity index (χ1v) is 9.57. The lowest BCUT2D eigenvalue weighted by Gasteiger charge is -2.38. The molecule has 0 saturated carbocycles. The van der Waals surface area contributed by atoms with Gasteiger partial charge in [-0.15, -0.1) is 0 Å². The molecule has 0 saturated heterocycles. The summed E-state index contributed by atoms with van der Waals surface area (Å²) in [7, 11) is 0. The van der Waals surface area contributed by atoms with E-state index in [0.29, 0.717) is 22.4 Å². The summed E-state index contributed by atoms with van der Waals surface area (Å²) in [5, 5.41) is 23.9. The maximum Gasteiger partial charge on any atom is 0.418 e. The van der Waals surface area contributed by atoms with E-state index in [9.17, 15) is 27.8 Å². The van der Waals surface area contributed by atoms with Crippen molar-refractivity contribution in [1.82, 2.24) is 9.97 Å². The lowest BCUT2D eigenvalue weighted by Crippen LogP contribution is -2.53. The number of halogens is 4. The van der Waals surface area contributed by atoms with Crippen LogP contribution in [0.3, 0.4) is 0 Å². The number of hydrogen-bond donors (Lipinski definition) is 3. The van der Waals surface area contributed by atoms with Crippen molar-refractivity contribution < 1.29 is 27.8 Å². The Morgan fingerprint density at radius 2 is 1.81 bits per heavy atom. The van der Waals surface area contributed by atoms with Crippen molar-refractivity contribution in [3.8, 4) is 5.75 Å². The van der Waals surface area contributed by atoms with Crippen LogP contribution in [0.4, 0.5) is 23.2 Å². The molecule has 0 radical (unpaired) electrons. The molecule has 3 rings (SSSR count). The van der Waals surface area contributed by atoms with Crippen LogP contribution in [0, 0.1) is 12.7 Å². The standard InChI is InChI=1S/C22H23F4N3O2/c1-13-27-10-15-17(5-4-6-18(15)29-13)28-12-21(31,22(24,25)26)11-20(2,3)16-9-14(23)7-8-19(16)30/h4-10,28,30-31H,11-12H2,1-3H3. The molecule has 3 N–H and O–H groups in total. The summed E-state index contributed by atoms with van der Waals surface area (Å²) in [5.41, 5.74) is -3.69. The van der Waals surface area contributed by atoms with Crippen LogP contribution >= 0.6 is 0 Å². The number of aliphatic hydroxyl groups is 1. The molecule has 0 aliphatic rings. The van der Waals surface area contributed by atoms with E-state index < -0.39 is 36.0 Å². The van der Waals surface area contributed by atoms with Gasteiger partial charge in [-0.05, 0) is 49.1 Å². The van der Waals surface area contributed by atoms with Crippen LogP contribution in [-0.2, 0) is 5.41 Å². The summed E-state index contributed by atoms with van der Waals surface area (Å²) >= 11 is 0. The Morgan fingerprint density at radius 3 is 2.48 bits per heavy atom. The molecule has 0 spiro atoms. The van der Waals surface area contributed by atoms with Crippen molar-refractivity contribution in [2.45, 2.75) is 44.4 Å². The van der Waals surface area contributed by atoms with E-state index in [4.69, 9.17) is 0 Å². The minimum atomic E-state index is -4.99. The number of phenolic OH excluding ortho intramolecular Hbond substituents is 1. The van der Waals surface area contributed by atoms with Gasteiger partial charge >= 0.3 is 6.18 Å². The van der Waals surface area contributed by atoms with Crippen molar-refractivity contribution in [1.29, 1.82) is 0 Å². The molecule has 0 amide bonds. The fraction of sp³-hybridized carbons (Fsp3) is 0.364. The van der Waals surface area contributed by atoms with Gasteiger partial charge in [-0.3, -0.25) is 0 Å². The normalized spacial score (nSPS) is 14.5. The summed E-state index contributed by atoms with van der Waals surface area (Å²) in [6, 6.07) is 7.98. The molecule has 1 atom stereocenters. The Morgan fingerprint density at radius 1 is 1.10 bits per heavy atom. The number of benzene rings is 2. The van der Waals surface area contributed by atoms with Crippen LogP contribution < -0.4 is 5.32 Å². The number of rotatable bonds is 6. The zero-order chi connectivity index (χ0) is 23.0. The molecule has 0 bridgehead atoms. The predicted octanol–water partition coefficient (Wildman–Crippen LogP) is 4.86. The Hall–Kier alpha value is -2.94. The van der Waals surface area contributed by atoms with E-state index in [1.807, 2.05) is 0 Å². The largest absolute Gasteiger partial charge is 0.508 e. The molecular weight excluding hydrogens is 414 g/mol. The first kappa shape index (κ1) is 22.7. The van der Waals surface area contributed by atoms with Gasteiger partial charge in [0, 0.05) is 22.8 Å². The lowest BCUT2D eigenvalue weighted by molar-refractivity contribution is -0.260. The van der Waals surface area contributed by atoms with E-state index in [1.54, 1.807) is 25.1 Å². The van der Waals surface area contributed by atoms with Gasteiger partial charge in [0.1, 0.15) is 17.4 Å². The molecule has 9 heteroatoms. The predicted molar refractivity (Wildman–Crippen MR) is 109 cm³/mol. The molecule has 0 aliphatic carbocycles. The third kappa shape index (κ3) is 4.71. The number of nitrogens with one attached hydrogen (secondary N) is 1. The SMILES string of the molecule is Cc1ncc2c(NCC(O)(CC(C)(C)c3cc(F)ccc3O)C(F)(F)F)cccc2n1. The molecule has 5 nitrogen and oxygen atoms in total. The Labute approximate surface area is 176 Å². The summed E-state index contributed by atoms with van der Waals surface area (Å²) in [4.78, 5) is 8.33. The third-order valence-corrected chi connectivity index (χ3v) is 5.27. The first-order valence-electron chi connectivity index (χ1n) is 9.57. The van der Waals surface area contributed by atoms with Crippen molar-refractivity contribution in [3.05, 3.63) is 59.8 Å². The summed E-state index contributed by atoms with van der Waals surface area (Å²) in [6.07, 6.45) is -4.30. The average Bonchev–Trinajstić information content (AvgIpc) is 2.66. The Balaban J connectivity index is 1.92. The second-order valence-electron chi connectivity index (χ2n) is 8.26. The number of nitrogens with zero attached hydrogens (tertiary/aromatic N) is 2. The zero-order valence-corrected chi connectivity index (χ0v) is 17.3. The Bertz CT molecular complexity index is 1100. The molecular formula is C22H23F4N3O2. The van der Waals surface area contributed by atoms with Gasteiger partial charge < -0.3 is 15.5 Å². The molecule has 1 unspecified atom stereocenters. The van der Waals surface area contributed by atoms with Gasteiger partial charge in [-0.1, -0.05) is 19.9 Å². The highest BCUT2D eigenvalue weighted by Crippen LogP contribution is 2.43. The van der Waals surface area contributed by atoms with Crippen LogP contribution in [0.2, 0.25) is 0 Å². The fourth-order valence-electron chi connectivity index (χ4n) is 3.68. The summed E-state index contributed by atoms with van der Waals surface area (Å²) < 4.78 is 55.5. The number of aromatic hydroxyl groups is 1. The second-order valence-corrected chi connectivity index (χ2v) is 8.26. The number of fused-ring (bicyclic) bond motifs is 1. The number of hydrogen-bond acceptors (Lipinski definition) is 5. The van der Waals surface area contributed by atoms with Gasteiger partial charge in [0.2, 0.25) is 0 Å². The highest BCUT2D eigenvalue weighted by molar-refractivity contribution is 5.90. The van der Waals surface area contributed by atoms with Gasteiger partial charge in [0.25, 0.3) is 0 Å².